The largest absolute Gasteiger partial charge is 0.478 e. The molecule has 4 N–H and O–H groups in total. The highest BCUT2D eigenvalue weighted by molar-refractivity contribution is 5.92. The number of aromatic nitrogens is 3. The van der Waals surface area contributed by atoms with E-state index in [1.807, 2.05) is 72.8 Å². The van der Waals surface area contributed by atoms with Crippen molar-refractivity contribution in [3.8, 4) is 45.2 Å². The van der Waals surface area contributed by atoms with Gasteiger partial charge in [-0.15, -0.1) is 0 Å². The van der Waals surface area contributed by atoms with Crippen LogP contribution >= 0.6 is 0 Å². The molecule has 0 spiro atoms. The van der Waals surface area contributed by atoms with E-state index in [0.29, 0.717) is 29.3 Å². The number of imidazole rings is 1. The number of hydrogen-bond acceptors (Lipinski definition) is 6. The van der Waals surface area contributed by atoms with Gasteiger partial charge in [-0.25, -0.2) is 14.6 Å². The Morgan fingerprint density at radius 3 is 1.83 bits per heavy atom. The van der Waals surface area contributed by atoms with Gasteiger partial charge in [0.05, 0.1) is 11.4 Å². The molecular weight excluding hydrogens is 668 g/mol. The summed E-state index contributed by atoms with van der Waals surface area (Å²) in [6, 6.07) is 24.0. The predicted octanol–water partition coefficient (Wildman–Crippen LogP) is 9.91. The van der Waals surface area contributed by atoms with Crippen LogP contribution in [0.5, 0.6) is 0 Å². The second-order valence-electron chi connectivity index (χ2n) is 13.0. The number of carbonyl (C=O) groups is 3. The Kier molecular flexibility index (Phi) is 14.1. The van der Waals surface area contributed by atoms with E-state index in [9.17, 15) is 19.5 Å². The van der Waals surface area contributed by atoms with Crippen LogP contribution in [0.2, 0.25) is 0 Å². The van der Waals surface area contributed by atoms with Crippen LogP contribution < -0.4 is 5.32 Å². The summed E-state index contributed by atoms with van der Waals surface area (Å²) in [5, 5.41) is 25.0. The first-order valence-electron chi connectivity index (χ1n) is 18.3. The van der Waals surface area contributed by atoms with E-state index in [4.69, 9.17) is 14.6 Å². The summed E-state index contributed by atoms with van der Waals surface area (Å²) in [4.78, 5) is 43.1. The van der Waals surface area contributed by atoms with Crippen LogP contribution in [-0.4, -0.2) is 49.7 Å². The second kappa shape index (κ2) is 19.5. The van der Waals surface area contributed by atoms with Crippen LogP contribution in [0.25, 0.3) is 57.3 Å². The normalized spacial score (nSPS) is 11.4. The van der Waals surface area contributed by atoms with E-state index < -0.39 is 11.9 Å². The molecule has 1 amide bonds. The quantitative estimate of drug-likeness (QED) is 0.0458. The van der Waals surface area contributed by atoms with E-state index in [1.165, 1.54) is 63.5 Å². The average Bonchev–Trinajstić information content (AvgIpc) is 3.85. The average molecular weight is 715 g/mol. The molecule has 0 bridgehead atoms. The van der Waals surface area contributed by atoms with Gasteiger partial charge in [-0.05, 0) is 29.7 Å². The second-order valence-corrected chi connectivity index (χ2v) is 13.0. The number of nitrogens with one attached hydrogen (secondary N) is 2. The van der Waals surface area contributed by atoms with Crippen molar-refractivity contribution >= 4 is 30.0 Å². The zero-order valence-electron chi connectivity index (χ0n) is 30.0. The van der Waals surface area contributed by atoms with E-state index in [0.717, 1.165) is 52.4 Å². The minimum Gasteiger partial charge on any atom is -0.478 e. The Labute approximate surface area is 309 Å². The minimum atomic E-state index is -1.19. The first-order chi connectivity index (χ1) is 25.8. The molecule has 5 rings (SSSR count). The Balaban J connectivity index is 1.25. The maximum absolute atomic E-state index is 12.5. The van der Waals surface area contributed by atoms with Crippen molar-refractivity contribution in [3.05, 3.63) is 108 Å². The van der Waals surface area contributed by atoms with Crippen molar-refractivity contribution in [2.24, 2.45) is 0 Å². The number of rotatable bonds is 20. The van der Waals surface area contributed by atoms with Crippen molar-refractivity contribution in [2.75, 3.05) is 6.54 Å². The van der Waals surface area contributed by atoms with Crippen molar-refractivity contribution < 1.29 is 29.1 Å². The number of carboxylic acid groups (broad SMARTS) is 2. The van der Waals surface area contributed by atoms with Gasteiger partial charge in [0.25, 0.3) is 0 Å². The number of unbranched alkanes of at least 4 members (excludes halogenated alkanes) is 9. The number of aliphatic carboxylic acids is 1. The predicted molar refractivity (Wildman–Crippen MR) is 208 cm³/mol. The molecule has 0 aliphatic heterocycles. The number of carboxylic acids is 2. The molecule has 0 fully saturated rings. The molecule has 5 aromatic rings. The zero-order chi connectivity index (χ0) is 37.4. The molecular formula is C43H46N4O6. The Hall–Kier alpha value is -6.03. The molecule has 274 valence electrons. The lowest BCUT2D eigenvalue weighted by molar-refractivity contribution is -0.131. The van der Waals surface area contributed by atoms with Gasteiger partial charge < -0.3 is 25.0 Å². The molecule has 0 unspecified atom stereocenters. The molecule has 0 aliphatic carbocycles. The third-order valence-corrected chi connectivity index (χ3v) is 8.94. The minimum absolute atomic E-state index is 0.107. The number of amides is 1. The summed E-state index contributed by atoms with van der Waals surface area (Å²) in [5.74, 6) is -1.94. The summed E-state index contributed by atoms with van der Waals surface area (Å²) in [5.41, 5.74) is 6.73. The number of benzene rings is 3. The fourth-order valence-electron chi connectivity index (χ4n) is 5.97. The maximum Gasteiger partial charge on any atom is 0.374 e. The summed E-state index contributed by atoms with van der Waals surface area (Å²) < 4.78 is 4.90. The lowest BCUT2D eigenvalue weighted by Gasteiger charge is -2.05. The summed E-state index contributed by atoms with van der Waals surface area (Å²) in [7, 11) is 0. The van der Waals surface area contributed by atoms with Gasteiger partial charge in [0, 0.05) is 47.0 Å². The van der Waals surface area contributed by atoms with E-state index in [1.54, 1.807) is 12.2 Å². The van der Waals surface area contributed by atoms with Gasteiger partial charge >= 0.3 is 11.9 Å². The molecule has 10 heteroatoms. The third kappa shape index (κ3) is 11.5. The van der Waals surface area contributed by atoms with Crippen LogP contribution in [-0.2, 0) is 9.59 Å². The monoisotopic (exact) mass is 714 g/mol. The molecule has 0 saturated carbocycles. The van der Waals surface area contributed by atoms with Crippen LogP contribution in [0.3, 0.4) is 0 Å². The van der Waals surface area contributed by atoms with Crippen LogP contribution in [0.4, 0.5) is 0 Å². The third-order valence-electron chi connectivity index (χ3n) is 8.94. The SMILES string of the molecule is CCCCCCCCCCCCNC(=O)C=Cc1ccc(-c2[nH]c(-c3ccc(-c4cc(C(=O)O)on4)cc3)nc2-c2ccc(/C=C/C(=O)O)cc2)cc1. The standard InChI is InChI=1S/C43H46N4O6/c1-2-3-4-5-6-7-8-9-10-11-28-44-38(48)26-16-30-12-18-33(19-13-30)40-41(34-20-14-31(15-21-34)17-27-39(49)50)46-42(45-40)35-24-22-32(23-25-35)36-29-37(43(51)52)53-47-36/h12-27,29H,2-11,28H2,1H3,(H,44,48)(H,45,46)(H,49,50)(H,51,52)/b26-16?,27-17+. The lowest BCUT2D eigenvalue weighted by atomic mass is 10.0. The number of nitrogens with zero attached hydrogens (tertiary/aromatic N) is 2. The number of aromatic amines is 1. The first-order valence-corrected chi connectivity index (χ1v) is 18.3. The number of H-pyrrole nitrogens is 1. The molecule has 3 aromatic carbocycles. The molecule has 53 heavy (non-hydrogen) atoms. The maximum atomic E-state index is 12.5. The van der Waals surface area contributed by atoms with Gasteiger partial charge in [-0.2, -0.15) is 0 Å². The van der Waals surface area contributed by atoms with E-state index >= 15 is 0 Å². The summed E-state index contributed by atoms with van der Waals surface area (Å²) in [6.07, 6.45) is 18.6. The van der Waals surface area contributed by atoms with Crippen LogP contribution in [0.15, 0.2) is 95.5 Å². The Morgan fingerprint density at radius 1 is 0.698 bits per heavy atom. The molecule has 0 atom stereocenters. The van der Waals surface area contributed by atoms with Gasteiger partial charge in [0.15, 0.2) is 0 Å². The smallest absolute Gasteiger partial charge is 0.374 e. The van der Waals surface area contributed by atoms with E-state index in [-0.39, 0.29) is 11.7 Å². The highest BCUT2D eigenvalue weighted by atomic mass is 16.5. The molecule has 0 aliphatic rings. The molecule has 2 aromatic heterocycles. The van der Waals surface area contributed by atoms with Gasteiger partial charge in [-0.1, -0.05) is 143 Å². The first kappa shape index (κ1) is 38.2. The molecule has 0 saturated heterocycles. The summed E-state index contributed by atoms with van der Waals surface area (Å²) >= 11 is 0. The molecule has 10 nitrogen and oxygen atoms in total. The van der Waals surface area contributed by atoms with Crippen LogP contribution in [0.1, 0.15) is 92.8 Å². The van der Waals surface area contributed by atoms with Gasteiger partial charge in [-0.3, -0.25) is 4.79 Å². The highest BCUT2D eigenvalue weighted by Gasteiger charge is 2.17. The van der Waals surface area contributed by atoms with Gasteiger partial charge in [0.1, 0.15) is 11.5 Å². The fraction of sp³-hybridized carbons (Fsp3) is 0.279. The highest BCUT2D eigenvalue weighted by Crippen LogP contribution is 2.34. The number of hydrogen-bond donors (Lipinski definition) is 4. The zero-order valence-corrected chi connectivity index (χ0v) is 30.0. The van der Waals surface area contributed by atoms with Gasteiger partial charge in [0.2, 0.25) is 11.7 Å². The number of aromatic carboxylic acids is 1. The molecule has 2 heterocycles. The fourth-order valence-corrected chi connectivity index (χ4v) is 5.97. The Bertz CT molecular complexity index is 2000. The van der Waals surface area contributed by atoms with Crippen molar-refractivity contribution in [2.45, 2.75) is 71.1 Å². The number of carbonyl (C=O) groups excluding carboxylic acids is 1. The topological polar surface area (TPSA) is 158 Å². The van der Waals surface area contributed by atoms with Crippen molar-refractivity contribution in [1.82, 2.24) is 20.4 Å². The van der Waals surface area contributed by atoms with Crippen molar-refractivity contribution in [1.29, 1.82) is 0 Å². The van der Waals surface area contributed by atoms with Crippen LogP contribution in [0, 0.1) is 0 Å². The summed E-state index contributed by atoms with van der Waals surface area (Å²) in [6.45, 7) is 2.92. The molecule has 0 radical (unpaired) electrons. The lowest BCUT2D eigenvalue weighted by Crippen LogP contribution is -2.21. The van der Waals surface area contributed by atoms with E-state index in [2.05, 4.69) is 22.4 Å². The van der Waals surface area contributed by atoms with Crippen molar-refractivity contribution in [3.63, 3.8) is 0 Å². The Morgan fingerprint density at radius 2 is 1.25 bits per heavy atom.